The van der Waals surface area contributed by atoms with Gasteiger partial charge in [-0.2, -0.15) is 0 Å². The topological polar surface area (TPSA) is 98.2 Å². The smallest absolute Gasteiger partial charge is 0.321 e. The zero-order valence-corrected chi connectivity index (χ0v) is 14.6. The first kappa shape index (κ1) is 17.6. The van der Waals surface area contributed by atoms with E-state index in [9.17, 15) is 13.2 Å². The summed E-state index contributed by atoms with van der Waals surface area (Å²) in [4.78, 5) is 20.3. The molecule has 26 heavy (non-hydrogen) atoms. The Bertz CT molecular complexity index is 1020. The molecule has 132 valence electrons. The van der Waals surface area contributed by atoms with Crippen LogP contribution < -0.4 is 10.1 Å². The number of amides is 1. The van der Waals surface area contributed by atoms with E-state index in [1.54, 1.807) is 48.8 Å². The highest BCUT2D eigenvalue weighted by Gasteiger charge is 2.12. The summed E-state index contributed by atoms with van der Waals surface area (Å²) >= 11 is 0. The van der Waals surface area contributed by atoms with E-state index in [4.69, 9.17) is 4.74 Å². The molecule has 1 amide bonds. The highest BCUT2D eigenvalue weighted by atomic mass is 32.2. The Kier molecular flexibility index (Phi) is 4.94. The van der Waals surface area contributed by atoms with Crippen molar-refractivity contribution in [1.29, 1.82) is 0 Å². The molecule has 3 rings (SSSR count). The van der Waals surface area contributed by atoms with Crippen LogP contribution in [0.5, 0.6) is 11.8 Å². The average Bonchev–Trinajstić information content (AvgIpc) is 2.63. The number of hydrogen-bond acceptors (Lipinski definition) is 6. The molecule has 0 saturated carbocycles. The van der Waals surface area contributed by atoms with Gasteiger partial charge in [0, 0.05) is 29.9 Å². The molecule has 0 atom stereocenters. The number of sulfone groups is 1. The van der Waals surface area contributed by atoms with Gasteiger partial charge in [0.25, 0.3) is 5.91 Å². The summed E-state index contributed by atoms with van der Waals surface area (Å²) in [6.07, 6.45) is 4.24. The van der Waals surface area contributed by atoms with Crippen LogP contribution in [0.3, 0.4) is 0 Å². The summed E-state index contributed by atoms with van der Waals surface area (Å²) in [5.41, 5.74) is 0.798. The van der Waals surface area contributed by atoms with Crippen LogP contribution in [0.2, 0.25) is 0 Å². The molecule has 7 nitrogen and oxygen atoms in total. The summed E-state index contributed by atoms with van der Waals surface area (Å²) in [5, 5.41) is 2.71. The van der Waals surface area contributed by atoms with Gasteiger partial charge in [0.2, 0.25) is 0 Å². The number of benzene rings is 2. The Morgan fingerprint density at radius 3 is 2.35 bits per heavy atom. The number of nitrogens with zero attached hydrogens (tertiary/aromatic N) is 2. The third-order valence-electron chi connectivity index (χ3n) is 3.39. The normalized spacial score (nSPS) is 11.0. The SMILES string of the molecule is CS(=O)(=O)c1cccc(C(=O)Nc2ccc(Oc3ncccn3)cc2)c1. The lowest BCUT2D eigenvalue weighted by atomic mass is 10.2. The van der Waals surface area contributed by atoms with Crippen LogP contribution in [0.1, 0.15) is 10.4 Å². The summed E-state index contributed by atoms with van der Waals surface area (Å²) in [6, 6.07) is 14.4. The molecule has 0 fully saturated rings. The predicted octanol–water partition coefficient (Wildman–Crippen LogP) is 2.92. The number of carbonyl (C=O) groups is 1. The lowest BCUT2D eigenvalue weighted by Crippen LogP contribution is -2.12. The van der Waals surface area contributed by atoms with Gasteiger partial charge in [-0.15, -0.1) is 0 Å². The summed E-state index contributed by atoms with van der Waals surface area (Å²) in [6.45, 7) is 0. The largest absolute Gasteiger partial charge is 0.424 e. The van der Waals surface area contributed by atoms with E-state index in [0.717, 1.165) is 6.26 Å². The van der Waals surface area contributed by atoms with Crippen LogP contribution in [-0.4, -0.2) is 30.5 Å². The standard InChI is InChI=1S/C18H15N3O4S/c1-26(23,24)16-5-2-4-13(12-16)17(22)21-14-6-8-15(9-7-14)25-18-19-10-3-11-20-18/h2-12H,1H3,(H,21,22). The second-order valence-electron chi connectivity index (χ2n) is 5.41. The molecule has 0 aliphatic carbocycles. The van der Waals surface area contributed by atoms with Gasteiger partial charge >= 0.3 is 6.01 Å². The van der Waals surface area contributed by atoms with E-state index >= 15 is 0 Å². The minimum absolute atomic E-state index is 0.0942. The molecular weight excluding hydrogens is 354 g/mol. The number of rotatable bonds is 5. The molecular formula is C18H15N3O4S. The number of ether oxygens (including phenoxy) is 1. The number of hydrogen-bond donors (Lipinski definition) is 1. The fraction of sp³-hybridized carbons (Fsp3) is 0.0556. The molecule has 0 saturated heterocycles. The third kappa shape index (κ3) is 4.42. The Morgan fingerprint density at radius 1 is 1.00 bits per heavy atom. The number of aromatic nitrogens is 2. The molecule has 3 aromatic rings. The van der Waals surface area contributed by atoms with Crippen LogP contribution in [0.15, 0.2) is 71.9 Å². The van der Waals surface area contributed by atoms with Gasteiger partial charge in [0.05, 0.1) is 4.90 Å². The van der Waals surface area contributed by atoms with Crippen molar-refractivity contribution in [2.75, 3.05) is 11.6 Å². The van der Waals surface area contributed by atoms with Gasteiger partial charge in [-0.3, -0.25) is 4.79 Å². The van der Waals surface area contributed by atoms with E-state index in [1.165, 1.54) is 18.2 Å². The number of anilines is 1. The van der Waals surface area contributed by atoms with Crippen molar-refractivity contribution in [3.8, 4) is 11.8 Å². The molecule has 1 heterocycles. The molecule has 0 aliphatic rings. The fourth-order valence-electron chi connectivity index (χ4n) is 2.12. The van der Waals surface area contributed by atoms with Crippen LogP contribution in [-0.2, 0) is 9.84 Å². The summed E-state index contributed by atoms with van der Waals surface area (Å²) in [7, 11) is -3.38. The maximum atomic E-state index is 12.3. The first-order chi connectivity index (χ1) is 12.4. The van der Waals surface area contributed by atoms with Crippen molar-refractivity contribution in [2.45, 2.75) is 4.90 Å². The van der Waals surface area contributed by atoms with E-state index < -0.39 is 15.7 Å². The van der Waals surface area contributed by atoms with Crippen molar-refractivity contribution in [3.05, 3.63) is 72.6 Å². The molecule has 1 aromatic heterocycles. The molecule has 0 bridgehead atoms. The maximum absolute atomic E-state index is 12.3. The van der Waals surface area contributed by atoms with Gasteiger partial charge in [0.15, 0.2) is 9.84 Å². The Balaban J connectivity index is 1.70. The highest BCUT2D eigenvalue weighted by molar-refractivity contribution is 7.90. The molecule has 0 spiro atoms. The van der Waals surface area contributed by atoms with E-state index in [1.807, 2.05) is 0 Å². The summed E-state index contributed by atoms with van der Waals surface area (Å²) in [5.74, 6) is 0.115. The minimum atomic E-state index is -3.38. The van der Waals surface area contributed by atoms with Gasteiger partial charge in [-0.25, -0.2) is 18.4 Å². The average molecular weight is 369 g/mol. The highest BCUT2D eigenvalue weighted by Crippen LogP contribution is 2.20. The Labute approximate surface area is 150 Å². The number of carbonyl (C=O) groups excluding carboxylic acids is 1. The van der Waals surface area contributed by atoms with Crippen molar-refractivity contribution < 1.29 is 17.9 Å². The first-order valence-electron chi connectivity index (χ1n) is 7.58. The fourth-order valence-corrected chi connectivity index (χ4v) is 2.79. The maximum Gasteiger partial charge on any atom is 0.321 e. The van der Waals surface area contributed by atoms with Crippen LogP contribution in [0, 0.1) is 0 Å². The first-order valence-corrected chi connectivity index (χ1v) is 9.47. The molecule has 8 heteroatoms. The Hall–Kier alpha value is -3.26. The lowest BCUT2D eigenvalue weighted by molar-refractivity contribution is 0.102. The van der Waals surface area contributed by atoms with Gasteiger partial charge in [0.1, 0.15) is 5.75 Å². The zero-order valence-electron chi connectivity index (χ0n) is 13.8. The van der Waals surface area contributed by atoms with E-state index in [-0.39, 0.29) is 16.5 Å². The quantitative estimate of drug-likeness (QED) is 0.742. The van der Waals surface area contributed by atoms with Crippen LogP contribution >= 0.6 is 0 Å². The monoisotopic (exact) mass is 369 g/mol. The molecule has 0 radical (unpaired) electrons. The minimum Gasteiger partial charge on any atom is -0.424 e. The zero-order chi connectivity index (χ0) is 18.6. The molecule has 0 unspecified atom stereocenters. The van der Waals surface area contributed by atoms with Gasteiger partial charge < -0.3 is 10.1 Å². The van der Waals surface area contributed by atoms with Gasteiger partial charge in [-0.1, -0.05) is 6.07 Å². The van der Waals surface area contributed by atoms with Crippen LogP contribution in [0.25, 0.3) is 0 Å². The van der Waals surface area contributed by atoms with Crippen molar-refractivity contribution in [3.63, 3.8) is 0 Å². The third-order valence-corrected chi connectivity index (χ3v) is 4.50. The van der Waals surface area contributed by atoms with Crippen molar-refractivity contribution in [1.82, 2.24) is 9.97 Å². The lowest BCUT2D eigenvalue weighted by Gasteiger charge is -2.08. The molecule has 0 aliphatic heterocycles. The predicted molar refractivity (Wildman–Crippen MR) is 96.1 cm³/mol. The van der Waals surface area contributed by atoms with E-state index in [2.05, 4.69) is 15.3 Å². The van der Waals surface area contributed by atoms with Crippen LogP contribution in [0.4, 0.5) is 5.69 Å². The molecule has 1 N–H and O–H groups in total. The van der Waals surface area contributed by atoms with Crippen molar-refractivity contribution in [2.24, 2.45) is 0 Å². The Morgan fingerprint density at radius 2 is 1.69 bits per heavy atom. The van der Waals surface area contributed by atoms with E-state index in [0.29, 0.717) is 11.4 Å². The molecule has 2 aromatic carbocycles. The van der Waals surface area contributed by atoms with Gasteiger partial charge in [-0.05, 0) is 48.5 Å². The second-order valence-corrected chi connectivity index (χ2v) is 7.43. The second kappa shape index (κ2) is 7.32. The summed E-state index contributed by atoms with van der Waals surface area (Å²) < 4.78 is 28.7. The van der Waals surface area contributed by atoms with Crippen molar-refractivity contribution >= 4 is 21.4 Å². The number of nitrogens with one attached hydrogen (secondary N) is 1.